The highest BCUT2D eigenvalue weighted by Gasteiger charge is 2.37. The van der Waals surface area contributed by atoms with Gasteiger partial charge in [0.25, 0.3) is 0 Å². The highest BCUT2D eigenvalue weighted by Crippen LogP contribution is 2.42. The number of pyridine rings is 1. The van der Waals surface area contributed by atoms with Crippen molar-refractivity contribution in [3.05, 3.63) is 53.9 Å². The Kier molecular flexibility index (Phi) is 5.28. The molecule has 1 amide bonds. The summed E-state index contributed by atoms with van der Waals surface area (Å²) in [6.07, 6.45) is 8.14. The Bertz CT molecular complexity index is 785. The van der Waals surface area contributed by atoms with Crippen LogP contribution in [0.25, 0.3) is 0 Å². The number of aromatic nitrogens is 1. The summed E-state index contributed by atoms with van der Waals surface area (Å²) in [7, 11) is 0. The average Bonchev–Trinajstić information content (AvgIpc) is 3.18. The lowest BCUT2D eigenvalue weighted by Crippen LogP contribution is -2.43. The number of nitrogens with zero attached hydrogens (tertiary/aromatic N) is 1. The molecule has 5 heteroatoms. The predicted molar refractivity (Wildman–Crippen MR) is 103 cm³/mol. The van der Waals surface area contributed by atoms with Crippen LogP contribution in [-0.2, 0) is 16.8 Å². The molecule has 0 radical (unpaired) electrons. The first-order valence-electron chi connectivity index (χ1n) is 9.86. The maximum absolute atomic E-state index is 12.7. The smallest absolute Gasteiger partial charge is 0.220 e. The van der Waals surface area contributed by atoms with Gasteiger partial charge in [0, 0.05) is 18.3 Å². The number of nitrogens with one attached hydrogen (secondary N) is 1. The van der Waals surface area contributed by atoms with Crippen molar-refractivity contribution in [3.8, 4) is 11.5 Å². The largest absolute Gasteiger partial charge is 0.486 e. The maximum atomic E-state index is 12.7. The number of amides is 1. The zero-order valence-corrected chi connectivity index (χ0v) is 15.6. The molecule has 5 nitrogen and oxygen atoms in total. The lowest BCUT2D eigenvalue weighted by Gasteiger charge is -2.32. The molecule has 2 aliphatic rings. The van der Waals surface area contributed by atoms with Gasteiger partial charge in [0.1, 0.15) is 13.2 Å². The number of carbonyl (C=O) groups excluding carboxylic acids is 1. The summed E-state index contributed by atoms with van der Waals surface area (Å²) in [4.78, 5) is 17.0. The van der Waals surface area contributed by atoms with Gasteiger partial charge in [-0.05, 0) is 55.5 Å². The number of aryl methyl sites for hydroxylation is 1. The molecule has 1 aromatic carbocycles. The third kappa shape index (κ3) is 4.07. The zero-order valence-electron chi connectivity index (χ0n) is 15.6. The van der Waals surface area contributed by atoms with Gasteiger partial charge >= 0.3 is 0 Å². The second-order valence-electron chi connectivity index (χ2n) is 7.37. The summed E-state index contributed by atoms with van der Waals surface area (Å²) in [5, 5.41) is 3.35. The second-order valence-corrected chi connectivity index (χ2v) is 7.37. The Morgan fingerprint density at radius 2 is 1.89 bits per heavy atom. The van der Waals surface area contributed by atoms with E-state index in [0.29, 0.717) is 19.6 Å². The minimum Gasteiger partial charge on any atom is -0.486 e. The van der Waals surface area contributed by atoms with E-state index in [0.717, 1.165) is 61.3 Å². The van der Waals surface area contributed by atoms with Crippen LogP contribution in [0.2, 0.25) is 0 Å². The van der Waals surface area contributed by atoms with Crippen molar-refractivity contribution >= 4 is 5.91 Å². The van der Waals surface area contributed by atoms with Gasteiger partial charge in [-0.1, -0.05) is 25.0 Å². The van der Waals surface area contributed by atoms with Crippen molar-refractivity contribution < 1.29 is 14.3 Å². The molecule has 0 unspecified atom stereocenters. The van der Waals surface area contributed by atoms with Crippen LogP contribution in [0.5, 0.6) is 11.5 Å². The summed E-state index contributed by atoms with van der Waals surface area (Å²) in [5.41, 5.74) is 1.88. The fraction of sp³-hybridized carbons (Fsp3) is 0.455. The van der Waals surface area contributed by atoms with Crippen LogP contribution >= 0.6 is 0 Å². The van der Waals surface area contributed by atoms with E-state index < -0.39 is 0 Å². The molecular weight excluding hydrogens is 340 g/mol. The van der Waals surface area contributed by atoms with Crippen molar-refractivity contribution in [2.75, 3.05) is 13.2 Å². The number of hydrogen-bond donors (Lipinski definition) is 1. The minimum atomic E-state index is -0.280. The van der Waals surface area contributed by atoms with Gasteiger partial charge in [0.05, 0.1) is 5.54 Å². The Balaban J connectivity index is 1.42. The normalized spacial score (nSPS) is 17.5. The molecule has 1 N–H and O–H groups in total. The molecule has 0 bridgehead atoms. The Morgan fingerprint density at radius 3 is 2.67 bits per heavy atom. The van der Waals surface area contributed by atoms with Gasteiger partial charge in [-0.15, -0.1) is 0 Å². The van der Waals surface area contributed by atoms with Crippen LogP contribution in [0.4, 0.5) is 0 Å². The molecule has 1 saturated carbocycles. The van der Waals surface area contributed by atoms with Gasteiger partial charge in [0.15, 0.2) is 11.5 Å². The SMILES string of the molecule is O=C(CCCc1ccccn1)NC1(c2ccc3c(c2)OCCO3)CCCC1. The summed E-state index contributed by atoms with van der Waals surface area (Å²) in [6.45, 7) is 1.16. The quantitative estimate of drug-likeness (QED) is 0.846. The minimum absolute atomic E-state index is 0.114. The lowest BCUT2D eigenvalue weighted by molar-refractivity contribution is -0.123. The van der Waals surface area contributed by atoms with Crippen LogP contribution < -0.4 is 14.8 Å². The molecule has 2 heterocycles. The van der Waals surface area contributed by atoms with Crippen LogP contribution in [0, 0.1) is 0 Å². The first-order valence-corrected chi connectivity index (χ1v) is 9.86. The molecular formula is C22H26N2O3. The number of hydrogen-bond acceptors (Lipinski definition) is 4. The van der Waals surface area contributed by atoms with Gasteiger partial charge in [-0.3, -0.25) is 9.78 Å². The molecule has 27 heavy (non-hydrogen) atoms. The molecule has 0 atom stereocenters. The summed E-state index contributed by atoms with van der Waals surface area (Å²) < 4.78 is 11.4. The molecule has 1 aliphatic carbocycles. The third-order valence-corrected chi connectivity index (χ3v) is 5.49. The fourth-order valence-electron chi connectivity index (χ4n) is 4.11. The van der Waals surface area contributed by atoms with Crippen molar-refractivity contribution in [2.24, 2.45) is 0 Å². The Morgan fingerprint density at radius 1 is 1.07 bits per heavy atom. The average molecular weight is 366 g/mol. The summed E-state index contributed by atoms with van der Waals surface area (Å²) in [5.74, 6) is 1.69. The van der Waals surface area contributed by atoms with E-state index in [1.165, 1.54) is 0 Å². The number of rotatable bonds is 6. The maximum Gasteiger partial charge on any atom is 0.220 e. The number of fused-ring (bicyclic) bond motifs is 1. The number of ether oxygens (including phenoxy) is 2. The highest BCUT2D eigenvalue weighted by atomic mass is 16.6. The number of benzene rings is 1. The Hall–Kier alpha value is -2.56. The van der Waals surface area contributed by atoms with Gasteiger partial charge < -0.3 is 14.8 Å². The third-order valence-electron chi connectivity index (χ3n) is 5.49. The molecule has 0 saturated heterocycles. The lowest BCUT2D eigenvalue weighted by atomic mass is 9.87. The Labute approximate surface area is 160 Å². The first kappa shape index (κ1) is 17.8. The van der Waals surface area contributed by atoms with Gasteiger partial charge in [-0.2, -0.15) is 0 Å². The molecule has 1 aliphatic heterocycles. The van der Waals surface area contributed by atoms with Crippen molar-refractivity contribution in [1.29, 1.82) is 0 Å². The van der Waals surface area contributed by atoms with Crippen molar-refractivity contribution in [2.45, 2.75) is 50.5 Å². The van der Waals surface area contributed by atoms with Gasteiger partial charge in [0.2, 0.25) is 5.91 Å². The molecule has 1 aromatic heterocycles. The molecule has 142 valence electrons. The van der Waals surface area contributed by atoms with Crippen LogP contribution in [0.15, 0.2) is 42.6 Å². The summed E-state index contributed by atoms with van der Waals surface area (Å²) in [6, 6.07) is 12.0. The van der Waals surface area contributed by atoms with Crippen LogP contribution in [0.3, 0.4) is 0 Å². The first-order chi connectivity index (χ1) is 13.3. The van der Waals surface area contributed by atoms with E-state index in [1.807, 2.05) is 30.3 Å². The molecule has 0 spiro atoms. The van der Waals surface area contributed by atoms with E-state index >= 15 is 0 Å². The van der Waals surface area contributed by atoms with E-state index in [2.05, 4.69) is 16.4 Å². The zero-order chi connectivity index (χ0) is 18.5. The van der Waals surface area contributed by atoms with E-state index in [9.17, 15) is 4.79 Å². The van der Waals surface area contributed by atoms with Crippen molar-refractivity contribution in [3.63, 3.8) is 0 Å². The predicted octanol–water partition coefficient (Wildman–Crippen LogP) is 3.76. The van der Waals surface area contributed by atoms with Crippen molar-refractivity contribution in [1.82, 2.24) is 10.3 Å². The fourth-order valence-corrected chi connectivity index (χ4v) is 4.11. The second kappa shape index (κ2) is 7.99. The summed E-state index contributed by atoms with van der Waals surface area (Å²) >= 11 is 0. The van der Waals surface area contributed by atoms with Crippen LogP contribution in [0.1, 0.15) is 49.8 Å². The molecule has 2 aromatic rings. The van der Waals surface area contributed by atoms with E-state index in [4.69, 9.17) is 9.47 Å². The highest BCUT2D eigenvalue weighted by molar-refractivity contribution is 5.77. The van der Waals surface area contributed by atoms with Gasteiger partial charge in [-0.25, -0.2) is 0 Å². The standard InChI is InChI=1S/C22H26N2O3/c25-21(8-5-7-18-6-1-4-13-23-18)24-22(11-2-3-12-22)17-9-10-19-20(16-17)27-15-14-26-19/h1,4,6,9-10,13,16H,2-3,5,7-8,11-12,14-15H2,(H,24,25). The molecule has 4 rings (SSSR count). The van der Waals surface area contributed by atoms with E-state index in [1.54, 1.807) is 6.20 Å². The number of carbonyl (C=O) groups is 1. The molecule has 1 fully saturated rings. The monoisotopic (exact) mass is 366 g/mol. The van der Waals surface area contributed by atoms with E-state index in [-0.39, 0.29) is 11.4 Å². The van der Waals surface area contributed by atoms with Crippen LogP contribution in [-0.4, -0.2) is 24.1 Å². The topological polar surface area (TPSA) is 60.5 Å².